The van der Waals surface area contributed by atoms with E-state index in [0.717, 1.165) is 32.4 Å². The molecule has 2 aliphatic rings. The summed E-state index contributed by atoms with van der Waals surface area (Å²) in [6, 6.07) is 6.06. The maximum atomic E-state index is 9.70. The molecule has 2 aromatic rings. The van der Waals surface area contributed by atoms with Gasteiger partial charge in [0.25, 0.3) is 5.01 Å². The molecular formula is C25H31N2O4S2+. The number of fused-ring (bicyclic) bond motifs is 2. The molecule has 2 atom stereocenters. The second-order valence-corrected chi connectivity index (χ2v) is 10.0. The third kappa shape index (κ3) is 5.05. The fourth-order valence-electron chi connectivity index (χ4n) is 4.10. The minimum Gasteiger partial charge on any atom is -0.497 e. The average molecular weight is 488 g/mol. The van der Waals surface area contributed by atoms with Gasteiger partial charge in [-0.25, -0.2) is 0 Å². The van der Waals surface area contributed by atoms with Crippen molar-refractivity contribution >= 4 is 39.4 Å². The molecule has 0 amide bonds. The van der Waals surface area contributed by atoms with E-state index in [1.165, 1.54) is 11.3 Å². The van der Waals surface area contributed by atoms with E-state index in [2.05, 4.69) is 52.8 Å². The van der Waals surface area contributed by atoms with Crippen LogP contribution >= 0.6 is 23.1 Å². The molecule has 4 rings (SSSR count). The Kier molecular flexibility index (Phi) is 7.93. The van der Waals surface area contributed by atoms with Crippen molar-refractivity contribution in [2.75, 3.05) is 34.0 Å². The standard InChI is InChI=1S/C25H31N2O4S2/c1-4-17(13-24-26(9-11-28)20-15-18(30-2)5-7-22(20)32-24)14-25-27(10-12-29)21-16-19(31-3)6-8-23(21)33-25/h5-8,13-16,18,22,28-29H,4,9-12H2,1-3H3/q+1. The first-order valence-electron chi connectivity index (χ1n) is 11.1. The molecule has 1 aromatic carbocycles. The topological polar surface area (TPSA) is 66.0 Å². The molecular weight excluding hydrogens is 456 g/mol. The van der Waals surface area contributed by atoms with E-state index in [0.29, 0.717) is 13.1 Å². The predicted molar refractivity (Wildman–Crippen MR) is 135 cm³/mol. The lowest BCUT2D eigenvalue weighted by atomic mass is 10.1. The van der Waals surface area contributed by atoms with E-state index in [1.54, 1.807) is 37.3 Å². The summed E-state index contributed by atoms with van der Waals surface area (Å²) in [6.07, 6.45) is 11.7. The normalized spacial score (nSPS) is 21.7. The van der Waals surface area contributed by atoms with E-state index >= 15 is 0 Å². The van der Waals surface area contributed by atoms with Crippen LogP contribution in [0, 0.1) is 0 Å². The number of ether oxygens (including phenoxy) is 2. The Labute approximate surface area is 203 Å². The van der Waals surface area contributed by atoms with Crippen molar-refractivity contribution < 1.29 is 24.3 Å². The zero-order valence-electron chi connectivity index (χ0n) is 19.2. The second kappa shape index (κ2) is 10.9. The maximum absolute atomic E-state index is 9.70. The molecule has 0 radical (unpaired) electrons. The summed E-state index contributed by atoms with van der Waals surface area (Å²) >= 11 is 3.51. The molecule has 176 valence electrons. The van der Waals surface area contributed by atoms with Crippen molar-refractivity contribution in [2.45, 2.75) is 31.2 Å². The van der Waals surface area contributed by atoms with Gasteiger partial charge in [0.15, 0.2) is 6.54 Å². The number of methoxy groups -OCH3 is 2. The minimum absolute atomic E-state index is 0.0356. The number of benzene rings is 1. The van der Waals surface area contributed by atoms with Crippen LogP contribution in [0.4, 0.5) is 0 Å². The van der Waals surface area contributed by atoms with Crippen molar-refractivity contribution in [3.63, 3.8) is 0 Å². The number of aromatic nitrogens is 1. The van der Waals surface area contributed by atoms with Gasteiger partial charge in [-0.3, -0.25) is 0 Å². The van der Waals surface area contributed by atoms with Crippen LogP contribution in [0.1, 0.15) is 18.4 Å². The molecule has 0 bridgehead atoms. The van der Waals surface area contributed by atoms with Crippen molar-refractivity contribution in [3.05, 3.63) is 63.8 Å². The van der Waals surface area contributed by atoms with Gasteiger partial charge in [0.1, 0.15) is 17.1 Å². The Morgan fingerprint density at radius 2 is 2.06 bits per heavy atom. The fourth-order valence-corrected chi connectivity index (χ4v) is 6.54. The molecule has 1 aromatic heterocycles. The highest BCUT2D eigenvalue weighted by Gasteiger charge is 2.33. The zero-order valence-corrected chi connectivity index (χ0v) is 20.9. The minimum atomic E-state index is -0.0356. The van der Waals surface area contributed by atoms with Crippen molar-refractivity contribution in [3.8, 4) is 5.75 Å². The van der Waals surface area contributed by atoms with Gasteiger partial charge in [0.05, 0.1) is 36.2 Å². The average Bonchev–Trinajstić information content (AvgIpc) is 3.35. The molecule has 1 aliphatic heterocycles. The number of thioether (sulfide) groups is 1. The van der Waals surface area contributed by atoms with Crippen molar-refractivity contribution in [1.82, 2.24) is 4.90 Å². The third-order valence-corrected chi connectivity index (χ3v) is 8.16. The molecule has 1 fully saturated rings. The van der Waals surface area contributed by atoms with Crippen LogP contribution in [-0.4, -0.2) is 60.4 Å². The van der Waals surface area contributed by atoms with Gasteiger partial charge in [0, 0.05) is 25.4 Å². The molecule has 8 heteroatoms. The summed E-state index contributed by atoms with van der Waals surface area (Å²) in [4.78, 5) is 2.20. The molecule has 2 N–H and O–H groups in total. The molecule has 6 nitrogen and oxygen atoms in total. The van der Waals surface area contributed by atoms with Gasteiger partial charge < -0.3 is 24.6 Å². The van der Waals surface area contributed by atoms with Crippen LogP contribution in [0.25, 0.3) is 16.3 Å². The quantitative estimate of drug-likeness (QED) is 0.415. The van der Waals surface area contributed by atoms with Crippen LogP contribution in [0.2, 0.25) is 0 Å². The van der Waals surface area contributed by atoms with Crippen LogP contribution in [0.15, 0.2) is 58.8 Å². The summed E-state index contributed by atoms with van der Waals surface area (Å²) < 4.78 is 14.2. The Bertz CT molecular complexity index is 1120. The number of aliphatic hydroxyl groups is 2. The van der Waals surface area contributed by atoms with Crippen LogP contribution in [-0.2, 0) is 11.3 Å². The van der Waals surface area contributed by atoms with Crippen molar-refractivity contribution in [1.29, 1.82) is 0 Å². The second-order valence-electron chi connectivity index (χ2n) is 7.80. The summed E-state index contributed by atoms with van der Waals surface area (Å²) in [7, 11) is 3.38. The number of nitrogens with zero attached hydrogens (tertiary/aromatic N) is 2. The van der Waals surface area contributed by atoms with Gasteiger partial charge >= 0.3 is 0 Å². The summed E-state index contributed by atoms with van der Waals surface area (Å²) in [5.41, 5.74) is 3.43. The summed E-state index contributed by atoms with van der Waals surface area (Å²) in [5, 5.41) is 21.8. The van der Waals surface area contributed by atoms with Crippen LogP contribution < -0.4 is 9.30 Å². The number of rotatable bonds is 9. The van der Waals surface area contributed by atoms with E-state index < -0.39 is 0 Å². The van der Waals surface area contributed by atoms with E-state index in [4.69, 9.17) is 9.47 Å². The monoisotopic (exact) mass is 487 g/mol. The fraction of sp³-hybridized carbons (Fsp3) is 0.400. The number of aliphatic hydroxyl groups excluding tert-OH is 2. The van der Waals surface area contributed by atoms with Gasteiger partial charge in [-0.15, -0.1) is 0 Å². The molecule has 1 saturated heterocycles. The van der Waals surface area contributed by atoms with Crippen LogP contribution in [0.5, 0.6) is 5.75 Å². The van der Waals surface area contributed by atoms with Crippen molar-refractivity contribution in [2.24, 2.45) is 0 Å². The molecule has 2 heterocycles. The van der Waals surface area contributed by atoms with Gasteiger partial charge in [-0.05, 0) is 36.3 Å². The van der Waals surface area contributed by atoms with Gasteiger partial charge in [-0.2, -0.15) is 4.57 Å². The Hall–Kier alpha value is -2.10. The highest BCUT2D eigenvalue weighted by molar-refractivity contribution is 8.04. The Morgan fingerprint density at radius 1 is 1.21 bits per heavy atom. The molecule has 2 unspecified atom stereocenters. The third-order valence-electron chi connectivity index (χ3n) is 5.81. The smallest absolute Gasteiger partial charge is 0.263 e. The molecule has 1 aliphatic carbocycles. The zero-order chi connectivity index (χ0) is 23.4. The van der Waals surface area contributed by atoms with E-state index in [1.807, 2.05) is 12.1 Å². The first kappa shape index (κ1) is 24.0. The number of thiazole rings is 1. The summed E-state index contributed by atoms with van der Waals surface area (Å²) in [5.74, 6) is 0.806. The highest BCUT2D eigenvalue weighted by Crippen LogP contribution is 2.44. The maximum Gasteiger partial charge on any atom is 0.263 e. The SMILES string of the molecule is CCC(/C=C1\SC2C=CC(OC)C=C2N1CCO)=C\c1sc2ccc(OC)cc2[n+]1CCO. The first-order valence-corrected chi connectivity index (χ1v) is 12.8. The number of β-amino-alcohol motifs (C(OH)–C–C–N with tert-alkyl or cyclic N) is 1. The number of allylic oxidation sites excluding steroid dienone is 2. The Morgan fingerprint density at radius 3 is 2.76 bits per heavy atom. The van der Waals surface area contributed by atoms with Gasteiger partial charge in [-0.1, -0.05) is 42.2 Å². The lowest BCUT2D eigenvalue weighted by Crippen LogP contribution is -2.36. The molecule has 0 spiro atoms. The Balaban J connectivity index is 1.72. The highest BCUT2D eigenvalue weighted by atomic mass is 32.2. The lowest BCUT2D eigenvalue weighted by Gasteiger charge is -2.24. The van der Waals surface area contributed by atoms with E-state index in [-0.39, 0.29) is 24.6 Å². The van der Waals surface area contributed by atoms with Crippen LogP contribution in [0.3, 0.4) is 0 Å². The number of hydrogen-bond acceptors (Lipinski definition) is 7. The van der Waals surface area contributed by atoms with Gasteiger partial charge in [0.2, 0.25) is 5.52 Å². The molecule has 33 heavy (non-hydrogen) atoms. The first-order chi connectivity index (χ1) is 16.1. The predicted octanol–water partition coefficient (Wildman–Crippen LogP) is 3.70. The summed E-state index contributed by atoms with van der Waals surface area (Å²) in [6.45, 7) is 3.38. The largest absolute Gasteiger partial charge is 0.497 e. The molecule has 0 saturated carbocycles. The lowest BCUT2D eigenvalue weighted by molar-refractivity contribution is -0.670. The number of hydrogen-bond donors (Lipinski definition) is 2. The van der Waals surface area contributed by atoms with E-state index in [9.17, 15) is 10.2 Å².